The Morgan fingerprint density at radius 2 is 2.55 bits per heavy atom. The van der Waals surface area contributed by atoms with Gasteiger partial charge in [0.1, 0.15) is 0 Å². The van der Waals surface area contributed by atoms with Crippen LogP contribution >= 0.6 is 12.6 Å². The molecule has 1 aromatic rings. The number of rotatable bonds is 1. The summed E-state index contributed by atoms with van der Waals surface area (Å²) >= 11 is 3.86. The Morgan fingerprint density at radius 1 is 1.64 bits per heavy atom. The fourth-order valence-corrected chi connectivity index (χ4v) is 0.837. The Kier molecular flexibility index (Phi) is 1.42. The first-order chi connectivity index (χ1) is 5.36. The second-order valence-electron chi connectivity index (χ2n) is 1.80. The molecule has 0 bridgehead atoms. The molecule has 1 aliphatic heterocycles. The maximum Gasteiger partial charge on any atom is 0.280 e. The first-order valence-corrected chi connectivity index (χ1v) is 3.26. The van der Waals surface area contributed by atoms with Crippen molar-refractivity contribution in [3.63, 3.8) is 0 Å². The molecule has 6 nitrogen and oxygen atoms in total. The molecule has 0 spiro atoms. The van der Waals surface area contributed by atoms with Crippen molar-refractivity contribution in [1.82, 2.24) is 15.6 Å². The minimum Gasteiger partial charge on any atom is -0.437 e. The third-order valence-corrected chi connectivity index (χ3v) is 1.31. The highest BCUT2D eigenvalue weighted by Gasteiger charge is 2.23. The van der Waals surface area contributed by atoms with E-state index in [2.05, 4.69) is 33.4 Å². The Hall–Kier alpha value is -1.24. The van der Waals surface area contributed by atoms with Crippen molar-refractivity contribution in [3.05, 3.63) is 12.3 Å². The standard InChI is InChI=1S/C4H4N4O2S/c11-4-8-7-3(10-4)2-6-5-1-9-2/h1,3,7H,(H,8,11). The highest BCUT2D eigenvalue weighted by Crippen LogP contribution is 2.16. The van der Waals surface area contributed by atoms with E-state index < -0.39 is 6.23 Å². The van der Waals surface area contributed by atoms with E-state index in [-0.39, 0.29) is 5.23 Å². The van der Waals surface area contributed by atoms with Crippen LogP contribution < -0.4 is 5.43 Å². The van der Waals surface area contributed by atoms with Gasteiger partial charge in [-0.15, -0.1) is 15.3 Å². The Morgan fingerprint density at radius 3 is 3.09 bits per heavy atom. The first kappa shape index (κ1) is 6.47. The molecule has 0 saturated heterocycles. The molecule has 0 aliphatic carbocycles. The van der Waals surface area contributed by atoms with E-state index in [1.165, 1.54) is 6.39 Å². The number of hydrogen-bond donors (Lipinski definition) is 2. The molecule has 58 valence electrons. The highest BCUT2D eigenvalue weighted by molar-refractivity contribution is 7.96. The number of thiol groups is 1. The van der Waals surface area contributed by atoms with Gasteiger partial charge in [-0.3, -0.25) is 5.43 Å². The number of nitrogens with zero attached hydrogens (tertiary/aromatic N) is 3. The molecule has 0 fully saturated rings. The monoisotopic (exact) mass is 172 g/mol. The largest absolute Gasteiger partial charge is 0.437 e. The number of hydrogen-bond acceptors (Lipinski definition) is 6. The van der Waals surface area contributed by atoms with Gasteiger partial charge in [-0.05, 0) is 0 Å². The summed E-state index contributed by atoms with van der Waals surface area (Å²) in [5.41, 5.74) is 2.60. The number of aromatic nitrogens is 2. The van der Waals surface area contributed by atoms with Crippen molar-refractivity contribution in [1.29, 1.82) is 0 Å². The maximum absolute atomic E-state index is 5.01. The molecular formula is C4H4N4O2S. The van der Waals surface area contributed by atoms with Crippen LogP contribution in [-0.2, 0) is 4.74 Å². The zero-order chi connectivity index (χ0) is 7.68. The van der Waals surface area contributed by atoms with Gasteiger partial charge in [-0.1, -0.05) is 12.6 Å². The lowest BCUT2D eigenvalue weighted by Crippen LogP contribution is -2.11. The number of hydrazone groups is 1. The van der Waals surface area contributed by atoms with E-state index in [1.807, 2.05) is 0 Å². The SMILES string of the molecule is SC1=NNC(c2nnco2)O1. The van der Waals surface area contributed by atoms with Crippen molar-refractivity contribution >= 4 is 17.9 Å². The zero-order valence-electron chi connectivity index (χ0n) is 5.26. The van der Waals surface area contributed by atoms with E-state index in [0.717, 1.165) is 0 Å². The molecular weight excluding hydrogens is 168 g/mol. The quantitative estimate of drug-likeness (QED) is 0.578. The van der Waals surface area contributed by atoms with Gasteiger partial charge in [0, 0.05) is 0 Å². The first-order valence-electron chi connectivity index (χ1n) is 2.81. The van der Waals surface area contributed by atoms with Crippen molar-refractivity contribution in [3.8, 4) is 0 Å². The van der Waals surface area contributed by atoms with Gasteiger partial charge in [0.15, 0.2) is 0 Å². The second kappa shape index (κ2) is 2.42. The minimum absolute atomic E-state index is 0.258. The van der Waals surface area contributed by atoms with Crippen molar-refractivity contribution in [2.24, 2.45) is 5.10 Å². The van der Waals surface area contributed by atoms with E-state index in [9.17, 15) is 0 Å². The van der Waals surface area contributed by atoms with Gasteiger partial charge in [-0.2, -0.15) is 0 Å². The van der Waals surface area contributed by atoms with Gasteiger partial charge >= 0.3 is 0 Å². The molecule has 1 aliphatic rings. The molecule has 1 N–H and O–H groups in total. The summed E-state index contributed by atoms with van der Waals surface area (Å²) < 4.78 is 9.86. The van der Waals surface area contributed by atoms with Crippen molar-refractivity contribution < 1.29 is 9.15 Å². The van der Waals surface area contributed by atoms with Crippen LogP contribution in [0.5, 0.6) is 0 Å². The summed E-state index contributed by atoms with van der Waals surface area (Å²) in [7, 11) is 0. The van der Waals surface area contributed by atoms with Crippen LogP contribution in [0, 0.1) is 0 Å². The number of nitrogens with one attached hydrogen (secondary N) is 1. The predicted octanol–water partition coefficient (Wildman–Crippen LogP) is -0.111. The van der Waals surface area contributed by atoms with Crippen LogP contribution in [-0.4, -0.2) is 15.4 Å². The average molecular weight is 172 g/mol. The molecule has 1 atom stereocenters. The summed E-state index contributed by atoms with van der Waals surface area (Å²) in [6.07, 6.45) is 0.724. The van der Waals surface area contributed by atoms with E-state index in [1.54, 1.807) is 0 Å². The normalized spacial score (nSPS) is 22.3. The third kappa shape index (κ3) is 1.14. The zero-order valence-corrected chi connectivity index (χ0v) is 6.15. The van der Waals surface area contributed by atoms with Crippen LogP contribution in [0.15, 0.2) is 15.9 Å². The summed E-state index contributed by atoms with van der Waals surface area (Å²) in [5.74, 6) is 0.331. The smallest absolute Gasteiger partial charge is 0.280 e. The van der Waals surface area contributed by atoms with Crippen LogP contribution in [0.25, 0.3) is 0 Å². The highest BCUT2D eigenvalue weighted by atomic mass is 32.1. The van der Waals surface area contributed by atoms with E-state index in [4.69, 9.17) is 9.15 Å². The summed E-state index contributed by atoms with van der Waals surface area (Å²) in [6, 6.07) is 0. The van der Waals surface area contributed by atoms with Crippen LogP contribution in [0.4, 0.5) is 0 Å². The van der Waals surface area contributed by atoms with Crippen LogP contribution in [0.3, 0.4) is 0 Å². The molecule has 11 heavy (non-hydrogen) atoms. The number of ether oxygens (including phenoxy) is 1. The second-order valence-corrected chi connectivity index (χ2v) is 2.18. The maximum atomic E-state index is 5.01. The van der Waals surface area contributed by atoms with Gasteiger partial charge in [0.05, 0.1) is 0 Å². The third-order valence-electron chi connectivity index (χ3n) is 1.10. The van der Waals surface area contributed by atoms with Crippen LogP contribution in [0.2, 0.25) is 0 Å². The lowest BCUT2D eigenvalue weighted by atomic mass is 10.6. The topological polar surface area (TPSA) is 72.5 Å². The molecule has 2 heterocycles. The fraction of sp³-hybridized carbons (Fsp3) is 0.250. The summed E-state index contributed by atoms with van der Waals surface area (Å²) in [6.45, 7) is 0. The minimum atomic E-state index is -0.495. The van der Waals surface area contributed by atoms with E-state index >= 15 is 0 Å². The lowest BCUT2D eigenvalue weighted by Gasteiger charge is -2.02. The van der Waals surface area contributed by atoms with Crippen molar-refractivity contribution in [2.75, 3.05) is 0 Å². The molecule has 0 aromatic carbocycles. The predicted molar refractivity (Wildman–Crippen MR) is 37.7 cm³/mol. The molecule has 0 amide bonds. The molecule has 2 rings (SSSR count). The van der Waals surface area contributed by atoms with E-state index in [0.29, 0.717) is 5.89 Å². The fourth-order valence-electron chi connectivity index (χ4n) is 0.673. The Balaban J connectivity index is 2.11. The Labute approximate surface area is 67.0 Å². The summed E-state index contributed by atoms with van der Waals surface area (Å²) in [4.78, 5) is 0. The Bertz CT molecular complexity index is 272. The molecule has 1 aromatic heterocycles. The molecule has 0 saturated carbocycles. The van der Waals surface area contributed by atoms with Gasteiger partial charge in [-0.25, -0.2) is 0 Å². The van der Waals surface area contributed by atoms with Gasteiger partial charge in [0.25, 0.3) is 17.3 Å². The average Bonchev–Trinajstić information content (AvgIpc) is 2.55. The van der Waals surface area contributed by atoms with Crippen molar-refractivity contribution in [2.45, 2.75) is 6.23 Å². The lowest BCUT2D eigenvalue weighted by molar-refractivity contribution is 0.159. The van der Waals surface area contributed by atoms with Gasteiger partial charge < -0.3 is 9.15 Å². The molecule has 1 unspecified atom stereocenters. The molecule has 7 heteroatoms. The van der Waals surface area contributed by atoms with Crippen LogP contribution in [0.1, 0.15) is 12.1 Å². The summed E-state index contributed by atoms with van der Waals surface area (Å²) in [5, 5.41) is 11.0. The van der Waals surface area contributed by atoms with Gasteiger partial charge in [0.2, 0.25) is 6.39 Å². The molecule has 0 radical (unpaired) electrons.